The number of halogens is 1. The van der Waals surface area contributed by atoms with E-state index in [1.54, 1.807) is 0 Å². The molecule has 2 fully saturated rings. The van der Waals surface area contributed by atoms with Gasteiger partial charge in [0, 0.05) is 62.9 Å². The molecule has 0 saturated carbocycles. The summed E-state index contributed by atoms with van der Waals surface area (Å²) in [5.74, 6) is 0.180. The summed E-state index contributed by atoms with van der Waals surface area (Å²) in [7, 11) is 0. The van der Waals surface area contributed by atoms with Gasteiger partial charge in [0.2, 0.25) is 0 Å². The van der Waals surface area contributed by atoms with Crippen molar-refractivity contribution in [1.29, 1.82) is 0 Å². The molecule has 28 heavy (non-hydrogen) atoms. The van der Waals surface area contributed by atoms with Gasteiger partial charge in [0.15, 0.2) is 0 Å². The molecule has 0 unspecified atom stereocenters. The summed E-state index contributed by atoms with van der Waals surface area (Å²) in [6.45, 7) is 8.04. The van der Waals surface area contributed by atoms with Crippen LogP contribution in [0.5, 0.6) is 0 Å². The first kappa shape index (κ1) is 19.4. The molecule has 2 aromatic carbocycles. The van der Waals surface area contributed by atoms with Crippen LogP contribution in [0, 0.1) is 0 Å². The fourth-order valence-electron chi connectivity index (χ4n) is 4.07. The van der Waals surface area contributed by atoms with Gasteiger partial charge in [-0.3, -0.25) is 14.6 Å². The Hall–Kier alpha value is -1.88. The van der Waals surface area contributed by atoms with Gasteiger partial charge in [-0.25, -0.2) is 0 Å². The maximum atomic E-state index is 12.5. The van der Waals surface area contributed by atoms with Crippen molar-refractivity contribution in [3.8, 4) is 0 Å². The number of rotatable bonds is 5. The van der Waals surface area contributed by atoms with E-state index in [1.165, 1.54) is 11.1 Å². The molecule has 2 aliphatic heterocycles. The number of amides is 1. The number of hydrogen-bond acceptors (Lipinski definition) is 3. The van der Waals surface area contributed by atoms with Gasteiger partial charge >= 0.3 is 0 Å². The predicted molar refractivity (Wildman–Crippen MR) is 114 cm³/mol. The van der Waals surface area contributed by atoms with E-state index in [-0.39, 0.29) is 5.91 Å². The Morgan fingerprint density at radius 1 is 0.714 bits per heavy atom. The Morgan fingerprint density at radius 3 is 1.68 bits per heavy atom. The second kappa shape index (κ2) is 9.08. The first-order valence-corrected chi connectivity index (χ1v) is 10.6. The van der Waals surface area contributed by atoms with Crippen molar-refractivity contribution in [3.05, 3.63) is 70.2 Å². The second-order valence-corrected chi connectivity index (χ2v) is 8.31. The lowest BCUT2D eigenvalue weighted by Gasteiger charge is -2.34. The van der Waals surface area contributed by atoms with Crippen molar-refractivity contribution < 1.29 is 4.79 Å². The fraction of sp³-hybridized carbons (Fsp3) is 0.435. The third-order valence-corrected chi connectivity index (χ3v) is 6.04. The minimum atomic E-state index is 0.180. The van der Waals surface area contributed by atoms with Crippen LogP contribution in [-0.2, 0) is 13.1 Å². The molecule has 5 heteroatoms. The Balaban J connectivity index is 1.25. The van der Waals surface area contributed by atoms with Gasteiger partial charge in [0.1, 0.15) is 0 Å². The van der Waals surface area contributed by atoms with Crippen LogP contribution in [0.1, 0.15) is 34.3 Å². The Bertz CT molecular complexity index is 776. The number of benzene rings is 2. The number of hydrogen-bond donors (Lipinski definition) is 0. The molecule has 2 saturated heterocycles. The summed E-state index contributed by atoms with van der Waals surface area (Å²) in [4.78, 5) is 19.4. The molecule has 0 spiro atoms. The lowest BCUT2D eigenvalue weighted by atomic mass is 10.1. The third kappa shape index (κ3) is 4.93. The Morgan fingerprint density at radius 2 is 1.18 bits per heavy atom. The highest BCUT2D eigenvalue weighted by molar-refractivity contribution is 6.30. The van der Waals surface area contributed by atoms with Crippen molar-refractivity contribution in [2.45, 2.75) is 25.9 Å². The molecule has 2 aromatic rings. The molecule has 0 aliphatic carbocycles. The number of carbonyl (C=O) groups is 1. The zero-order valence-electron chi connectivity index (χ0n) is 16.3. The maximum Gasteiger partial charge on any atom is 0.253 e. The van der Waals surface area contributed by atoms with Gasteiger partial charge in [0.05, 0.1) is 0 Å². The number of likely N-dealkylation sites (tertiary alicyclic amines) is 1. The molecule has 0 aromatic heterocycles. The van der Waals surface area contributed by atoms with Crippen LogP contribution in [0.2, 0.25) is 5.02 Å². The first-order valence-electron chi connectivity index (χ1n) is 10.2. The van der Waals surface area contributed by atoms with Crippen LogP contribution in [-0.4, -0.2) is 59.9 Å². The SMILES string of the molecule is O=C(c1ccc(CN2CCN(Cc3ccc(Cl)cc3)CC2)cc1)N1CCCC1. The van der Waals surface area contributed by atoms with E-state index in [0.717, 1.165) is 75.8 Å². The van der Waals surface area contributed by atoms with Crippen molar-refractivity contribution in [3.63, 3.8) is 0 Å². The number of nitrogens with zero attached hydrogens (tertiary/aromatic N) is 3. The van der Waals surface area contributed by atoms with Crippen LogP contribution in [0.15, 0.2) is 48.5 Å². The zero-order chi connectivity index (χ0) is 19.3. The molecule has 148 valence electrons. The average Bonchev–Trinajstić information content (AvgIpc) is 3.26. The molecule has 2 aliphatic rings. The molecule has 4 rings (SSSR count). The Kier molecular flexibility index (Phi) is 6.30. The van der Waals surface area contributed by atoms with Gasteiger partial charge in [-0.15, -0.1) is 0 Å². The van der Waals surface area contributed by atoms with E-state index >= 15 is 0 Å². The van der Waals surface area contributed by atoms with Crippen molar-refractivity contribution in [2.75, 3.05) is 39.3 Å². The molecule has 1 amide bonds. The number of carbonyl (C=O) groups excluding carboxylic acids is 1. The molecule has 0 atom stereocenters. The summed E-state index contributed by atoms with van der Waals surface area (Å²) in [5, 5.41) is 0.793. The average molecular weight is 398 g/mol. The van der Waals surface area contributed by atoms with E-state index < -0.39 is 0 Å². The molecule has 0 radical (unpaired) electrons. The Labute approximate surface area is 172 Å². The highest BCUT2D eigenvalue weighted by Gasteiger charge is 2.20. The van der Waals surface area contributed by atoms with Crippen molar-refractivity contribution in [1.82, 2.24) is 14.7 Å². The number of piperazine rings is 1. The largest absolute Gasteiger partial charge is 0.339 e. The smallest absolute Gasteiger partial charge is 0.253 e. The van der Waals surface area contributed by atoms with E-state index in [0.29, 0.717) is 0 Å². The minimum Gasteiger partial charge on any atom is -0.339 e. The predicted octanol–water partition coefficient (Wildman–Crippen LogP) is 3.89. The van der Waals surface area contributed by atoms with Crippen LogP contribution in [0.4, 0.5) is 0 Å². The topological polar surface area (TPSA) is 26.8 Å². The lowest BCUT2D eigenvalue weighted by molar-refractivity contribution is 0.0792. The van der Waals surface area contributed by atoms with Crippen LogP contribution < -0.4 is 0 Å². The fourth-order valence-corrected chi connectivity index (χ4v) is 4.19. The maximum absolute atomic E-state index is 12.5. The van der Waals surface area contributed by atoms with Gasteiger partial charge in [-0.05, 0) is 48.2 Å². The third-order valence-electron chi connectivity index (χ3n) is 5.78. The zero-order valence-corrected chi connectivity index (χ0v) is 17.1. The van der Waals surface area contributed by atoms with Gasteiger partial charge in [0.25, 0.3) is 5.91 Å². The van der Waals surface area contributed by atoms with E-state index in [1.807, 2.05) is 29.2 Å². The molecule has 0 bridgehead atoms. The van der Waals surface area contributed by atoms with Gasteiger partial charge in [-0.1, -0.05) is 35.9 Å². The van der Waals surface area contributed by atoms with Crippen molar-refractivity contribution in [2.24, 2.45) is 0 Å². The first-order chi connectivity index (χ1) is 13.7. The summed E-state index contributed by atoms with van der Waals surface area (Å²) in [6.07, 6.45) is 2.27. The quantitative estimate of drug-likeness (QED) is 0.765. The normalized spacial score (nSPS) is 18.5. The van der Waals surface area contributed by atoms with Gasteiger partial charge in [-0.2, -0.15) is 0 Å². The standard InChI is InChI=1S/C23H28ClN3O/c24-22-9-5-20(6-10-22)18-26-15-13-25(14-16-26)17-19-3-7-21(8-4-19)23(28)27-11-1-2-12-27/h3-10H,1-2,11-18H2. The monoisotopic (exact) mass is 397 g/mol. The van der Waals surface area contributed by atoms with Crippen LogP contribution in [0.25, 0.3) is 0 Å². The van der Waals surface area contributed by atoms with Crippen LogP contribution >= 0.6 is 11.6 Å². The van der Waals surface area contributed by atoms with E-state index in [9.17, 15) is 4.79 Å². The highest BCUT2D eigenvalue weighted by Crippen LogP contribution is 2.16. The highest BCUT2D eigenvalue weighted by atomic mass is 35.5. The molecule has 0 N–H and O–H groups in total. The molecule has 4 nitrogen and oxygen atoms in total. The summed E-state index contributed by atoms with van der Waals surface area (Å²) in [6, 6.07) is 16.4. The minimum absolute atomic E-state index is 0.180. The van der Waals surface area contributed by atoms with Gasteiger partial charge < -0.3 is 4.90 Å². The summed E-state index contributed by atoms with van der Waals surface area (Å²) >= 11 is 5.97. The summed E-state index contributed by atoms with van der Waals surface area (Å²) < 4.78 is 0. The summed E-state index contributed by atoms with van der Waals surface area (Å²) in [5.41, 5.74) is 3.42. The van der Waals surface area contributed by atoms with E-state index in [2.05, 4.69) is 34.1 Å². The lowest BCUT2D eigenvalue weighted by Crippen LogP contribution is -2.45. The molecule has 2 heterocycles. The van der Waals surface area contributed by atoms with E-state index in [4.69, 9.17) is 11.6 Å². The molecular formula is C23H28ClN3O. The molecular weight excluding hydrogens is 370 g/mol. The second-order valence-electron chi connectivity index (χ2n) is 7.87. The van der Waals surface area contributed by atoms with Crippen molar-refractivity contribution >= 4 is 17.5 Å². The van der Waals surface area contributed by atoms with Crippen LogP contribution in [0.3, 0.4) is 0 Å².